The SMILES string of the molecule is CC(CCNC(=O)c1cc(F)c(F)cc1Cl)CCC(=O)O. The first kappa shape index (κ1) is 17.4. The Hall–Kier alpha value is -1.69. The van der Waals surface area contributed by atoms with Crippen LogP contribution in [-0.4, -0.2) is 23.5 Å². The van der Waals surface area contributed by atoms with Gasteiger partial charge in [-0.15, -0.1) is 0 Å². The molecule has 2 N–H and O–H groups in total. The summed E-state index contributed by atoms with van der Waals surface area (Å²) in [4.78, 5) is 22.2. The van der Waals surface area contributed by atoms with Gasteiger partial charge in [-0.1, -0.05) is 18.5 Å². The number of carbonyl (C=O) groups excluding carboxylic acids is 1. The molecule has 0 saturated carbocycles. The molecule has 21 heavy (non-hydrogen) atoms. The molecule has 0 fully saturated rings. The number of carboxylic acid groups (broad SMARTS) is 1. The standard InChI is InChI=1S/C14H16ClF2NO3/c1-8(2-3-13(19)20)4-5-18-14(21)9-6-11(16)12(17)7-10(9)15/h6-8H,2-5H2,1H3,(H,18,21)(H,19,20). The van der Waals surface area contributed by atoms with Gasteiger partial charge in [0.1, 0.15) is 0 Å². The summed E-state index contributed by atoms with van der Waals surface area (Å²) in [6, 6.07) is 1.50. The zero-order valence-electron chi connectivity index (χ0n) is 11.5. The van der Waals surface area contributed by atoms with E-state index in [4.69, 9.17) is 16.7 Å². The maximum Gasteiger partial charge on any atom is 0.303 e. The normalized spacial score (nSPS) is 12.0. The van der Waals surface area contributed by atoms with Crippen LogP contribution in [0, 0.1) is 17.6 Å². The van der Waals surface area contributed by atoms with Crippen LogP contribution in [0.1, 0.15) is 36.5 Å². The molecule has 0 aliphatic carbocycles. The molecule has 1 aromatic carbocycles. The fourth-order valence-corrected chi connectivity index (χ4v) is 1.97. The number of amides is 1. The van der Waals surface area contributed by atoms with Crippen molar-refractivity contribution in [3.05, 3.63) is 34.4 Å². The van der Waals surface area contributed by atoms with Gasteiger partial charge in [-0.25, -0.2) is 8.78 Å². The highest BCUT2D eigenvalue weighted by Gasteiger charge is 2.15. The Kier molecular flexibility index (Phi) is 6.55. The molecule has 1 amide bonds. The van der Waals surface area contributed by atoms with Crippen molar-refractivity contribution in [1.82, 2.24) is 5.32 Å². The number of carbonyl (C=O) groups is 2. The van der Waals surface area contributed by atoms with Crippen molar-refractivity contribution >= 4 is 23.5 Å². The van der Waals surface area contributed by atoms with E-state index in [9.17, 15) is 18.4 Å². The first-order valence-electron chi connectivity index (χ1n) is 6.45. The van der Waals surface area contributed by atoms with E-state index in [1.54, 1.807) is 0 Å². The Morgan fingerprint density at radius 3 is 2.52 bits per heavy atom. The van der Waals surface area contributed by atoms with Crippen LogP contribution < -0.4 is 5.32 Å². The van der Waals surface area contributed by atoms with Gasteiger partial charge in [0.2, 0.25) is 0 Å². The molecule has 0 aliphatic heterocycles. The van der Waals surface area contributed by atoms with Gasteiger partial charge in [-0.3, -0.25) is 9.59 Å². The molecule has 0 heterocycles. The average Bonchev–Trinajstić information content (AvgIpc) is 2.40. The summed E-state index contributed by atoms with van der Waals surface area (Å²) in [5.74, 6) is -3.58. The molecule has 0 saturated heterocycles. The Bertz CT molecular complexity index is 537. The molecule has 1 atom stereocenters. The third kappa shape index (κ3) is 5.67. The lowest BCUT2D eigenvalue weighted by Crippen LogP contribution is -2.26. The molecule has 0 aliphatic rings. The van der Waals surface area contributed by atoms with Gasteiger partial charge in [0.05, 0.1) is 10.6 Å². The maximum atomic E-state index is 13.1. The summed E-state index contributed by atoms with van der Waals surface area (Å²) in [6.07, 6.45) is 1.17. The maximum absolute atomic E-state index is 13.1. The third-order valence-electron chi connectivity index (χ3n) is 3.03. The average molecular weight is 320 g/mol. The van der Waals surface area contributed by atoms with Gasteiger partial charge in [0.15, 0.2) is 11.6 Å². The Morgan fingerprint density at radius 2 is 1.90 bits per heavy atom. The monoisotopic (exact) mass is 319 g/mol. The summed E-state index contributed by atoms with van der Waals surface area (Å²) in [7, 11) is 0. The van der Waals surface area contributed by atoms with Crippen molar-refractivity contribution in [1.29, 1.82) is 0 Å². The number of hydrogen-bond donors (Lipinski definition) is 2. The summed E-state index contributed by atoms with van der Waals surface area (Å²) in [6.45, 7) is 2.18. The zero-order valence-corrected chi connectivity index (χ0v) is 12.2. The van der Waals surface area contributed by atoms with E-state index in [2.05, 4.69) is 5.32 Å². The van der Waals surface area contributed by atoms with Crippen LogP contribution >= 0.6 is 11.6 Å². The molecule has 116 valence electrons. The van der Waals surface area contributed by atoms with Crippen molar-refractivity contribution in [2.24, 2.45) is 5.92 Å². The van der Waals surface area contributed by atoms with Gasteiger partial charge in [0, 0.05) is 13.0 Å². The lowest BCUT2D eigenvalue weighted by molar-refractivity contribution is -0.137. The van der Waals surface area contributed by atoms with Crippen LogP contribution in [0.3, 0.4) is 0 Å². The number of nitrogens with one attached hydrogen (secondary N) is 1. The Labute approximate surface area is 126 Å². The molecule has 1 unspecified atom stereocenters. The molecular formula is C14H16ClF2NO3. The van der Waals surface area contributed by atoms with Gasteiger partial charge >= 0.3 is 5.97 Å². The van der Waals surface area contributed by atoms with Crippen molar-refractivity contribution in [3.63, 3.8) is 0 Å². The van der Waals surface area contributed by atoms with E-state index in [1.807, 2.05) is 6.92 Å². The topological polar surface area (TPSA) is 66.4 Å². The zero-order chi connectivity index (χ0) is 16.0. The fraction of sp³-hybridized carbons (Fsp3) is 0.429. The van der Waals surface area contributed by atoms with E-state index in [1.165, 1.54) is 0 Å². The molecule has 0 bridgehead atoms. The second kappa shape index (κ2) is 7.93. The summed E-state index contributed by atoms with van der Waals surface area (Å²) >= 11 is 5.69. The fourth-order valence-electron chi connectivity index (χ4n) is 1.74. The van der Waals surface area contributed by atoms with E-state index in [0.717, 1.165) is 12.1 Å². The molecule has 7 heteroatoms. The highest BCUT2D eigenvalue weighted by molar-refractivity contribution is 6.33. The number of aliphatic carboxylic acids is 1. The van der Waals surface area contributed by atoms with Crippen molar-refractivity contribution in [2.75, 3.05) is 6.54 Å². The molecule has 1 rings (SSSR count). The number of halogens is 3. The predicted molar refractivity (Wildman–Crippen MR) is 74.4 cm³/mol. The predicted octanol–water partition coefficient (Wildman–Crippen LogP) is 3.24. The number of rotatable bonds is 7. The minimum absolute atomic E-state index is 0.0735. The van der Waals surface area contributed by atoms with Crippen molar-refractivity contribution in [3.8, 4) is 0 Å². The van der Waals surface area contributed by atoms with E-state index >= 15 is 0 Å². The molecular weight excluding hydrogens is 304 g/mol. The largest absolute Gasteiger partial charge is 0.481 e. The number of hydrogen-bond acceptors (Lipinski definition) is 2. The number of carboxylic acids is 1. The van der Waals surface area contributed by atoms with Crippen LogP contribution in [0.4, 0.5) is 8.78 Å². The van der Waals surface area contributed by atoms with Crippen LogP contribution in [0.5, 0.6) is 0 Å². The molecule has 1 aromatic rings. The van der Waals surface area contributed by atoms with Crippen LogP contribution in [-0.2, 0) is 4.79 Å². The summed E-state index contributed by atoms with van der Waals surface area (Å²) in [5.41, 5.74) is -0.131. The highest BCUT2D eigenvalue weighted by Crippen LogP contribution is 2.20. The first-order valence-corrected chi connectivity index (χ1v) is 6.83. The minimum atomic E-state index is -1.14. The van der Waals surface area contributed by atoms with Gasteiger partial charge in [-0.05, 0) is 30.9 Å². The second-order valence-electron chi connectivity index (χ2n) is 4.83. The van der Waals surface area contributed by atoms with Gasteiger partial charge in [0.25, 0.3) is 5.91 Å². The summed E-state index contributed by atoms with van der Waals surface area (Å²) < 4.78 is 26.0. The van der Waals surface area contributed by atoms with Crippen LogP contribution in [0.2, 0.25) is 5.02 Å². The third-order valence-corrected chi connectivity index (χ3v) is 3.34. The lowest BCUT2D eigenvalue weighted by atomic mass is 10.0. The molecule has 0 aromatic heterocycles. The highest BCUT2D eigenvalue weighted by atomic mass is 35.5. The van der Waals surface area contributed by atoms with E-state index < -0.39 is 23.5 Å². The first-order chi connectivity index (χ1) is 9.81. The second-order valence-corrected chi connectivity index (χ2v) is 5.24. The summed E-state index contributed by atoms with van der Waals surface area (Å²) in [5, 5.41) is 10.9. The van der Waals surface area contributed by atoms with Crippen molar-refractivity contribution < 1.29 is 23.5 Å². The van der Waals surface area contributed by atoms with Gasteiger partial charge in [-0.2, -0.15) is 0 Å². The quantitative estimate of drug-likeness (QED) is 0.758. The Balaban J connectivity index is 2.47. The number of benzene rings is 1. The van der Waals surface area contributed by atoms with E-state index in [0.29, 0.717) is 19.4 Å². The lowest BCUT2D eigenvalue weighted by Gasteiger charge is -2.11. The smallest absolute Gasteiger partial charge is 0.303 e. The molecule has 0 spiro atoms. The Morgan fingerprint density at radius 1 is 1.29 bits per heavy atom. The minimum Gasteiger partial charge on any atom is -0.481 e. The van der Waals surface area contributed by atoms with E-state index in [-0.39, 0.29) is 22.9 Å². The molecule has 4 nitrogen and oxygen atoms in total. The van der Waals surface area contributed by atoms with Crippen LogP contribution in [0.15, 0.2) is 12.1 Å². The molecule has 0 radical (unpaired) electrons. The van der Waals surface area contributed by atoms with Crippen LogP contribution in [0.25, 0.3) is 0 Å². The van der Waals surface area contributed by atoms with Crippen molar-refractivity contribution in [2.45, 2.75) is 26.2 Å². The van der Waals surface area contributed by atoms with Gasteiger partial charge < -0.3 is 10.4 Å².